The number of methoxy groups -OCH3 is 3. The van der Waals surface area contributed by atoms with Crippen LogP contribution in [0.4, 0.5) is 0 Å². The minimum absolute atomic E-state index is 0.00458. The van der Waals surface area contributed by atoms with Crippen molar-refractivity contribution in [2.45, 2.75) is 18.3 Å². The van der Waals surface area contributed by atoms with Gasteiger partial charge in [-0.05, 0) is 0 Å². The first kappa shape index (κ1) is 9.92. The molecule has 4 nitrogen and oxygen atoms in total. The Labute approximate surface area is 72.7 Å². The van der Waals surface area contributed by atoms with E-state index in [1.165, 1.54) is 0 Å². The molecule has 0 unspecified atom stereocenters. The topological polar surface area (TPSA) is 36.9 Å². The smallest absolute Gasteiger partial charge is 0.114 e. The van der Waals surface area contributed by atoms with Gasteiger partial charge in [-0.15, -0.1) is 0 Å². The second-order valence-electron chi connectivity index (χ2n) is 2.80. The standard InChI is InChI=1S/C8H16O4/c1-9-4-7-8(11-3)6(10-2)5-12-7/h6-8H,4-5H2,1-3H3/t6-,7+,8-/m0/s1. The van der Waals surface area contributed by atoms with Crippen molar-refractivity contribution in [3.8, 4) is 0 Å². The summed E-state index contributed by atoms with van der Waals surface area (Å²) in [7, 11) is 4.97. The maximum Gasteiger partial charge on any atom is 0.114 e. The zero-order chi connectivity index (χ0) is 8.97. The first-order valence-electron chi connectivity index (χ1n) is 3.99. The van der Waals surface area contributed by atoms with Gasteiger partial charge in [0.15, 0.2) is 0 Å². The highest BCUT2D eigenvalue weighted by atomic mass is 16.6. The molecule has 1 aliphatic heterocycles. The molecule has 1 saturated heterocycles. The van der Waals surface area contributed by atoms with Crippen molar-refractivity contribution >= 4 is 0 Å². The lowest BCUT2D eigenvalue weighted by Crippen LogP contribution is -2.35. The Bertz CT molecular complexity index is 128. The molecular formula is C8H16O4. The first-order chi connectivity index (χ1) is 5.83. The van der Waals surface area contributed by atoms with E-state index in [1.54, 1.807) is 21.3 Å². The lowest BCUT2D eigenvalue weighted by molar-refractivity contribution is -0.0461. The van der Waals surface area contributed by atoms with Crippen molar-refractivity contribution < 1.29 is 18.9 Å². The molecule has 0 saturated carbocycles. The Morgan fingerprint density at radius 2 is 2.00 bits per heavy atom. The summed E-state index contributed by atoms with van der Waals surface area (Å²) >= 11 is 0. The fourth-order valence-electron chi connectivity index (χ4n) is 1.46. The van der Waals surface area contributed by atoms with Crippen LogP contribution >= 0.6 is 0 Å². The van der Waals surface area contributed by atoms with Crippen molar-refractivity contribution in [2.24, 2.45) is 0 Å². The molecule has 0 spiro atoms. The van der Waals surface area contributed by atoms with E-state index in [9.17, 15) is 0 Å². The lowest BCUT2D eigenvalue weighted by atomic mass is 10.1. The summed E-state index contributed by atoms with van der Waals surface area (Å²) in [5.74, 6) is 0. The van der Waals surface area contributed by atoms with E-state index in [-0.39, 0.29) is 18.3 Å². The number of hydrogen-bond donors (Lipinski definition) is 0. The molecule has 1 rings (SSSR count). The Balaban J connectivity index is 2.44. The van der Waals surface area contributed by atoms with E-state index in [4.69, 9.17) is 18.9 Å². The number of rotatable bonds is 4. The average Bonchev–Trinajstić information content (AvgIpc) is 2.47. The van der Waals surface area contributed by atoms with Crippen molar-refractivity contribution in [3.05, 3.63) is 0 Å². The molecule has 12 heavy (non-hydrogen) atoms. The largest absolute Gasteiger partial charge is 0.382 e. The molecule has 4 heteroatoms. The van der Waals surface area contributed by atoms with Crippen LogP contribution in [0.25, 0.3) is 0 Å². The van der Waals surface area contributed by atoms with Gasteiger partial charge in [0.2, 0.25) is 0 Å². The Hall–Kier alpha value is -0.160. The molecule has 3 atom stereocenters. The highest BCUT2D eigenvalue weighted by Crippen LogP contribution is 2.19. The monoisotopic (exact) mass is 176 g/mol. The van der Waals surface area contributed by atoms with E-state index in [0.717, 1.165) is 0 Å². The minimum atomic E-state index is -0.00468. The van der Waals surface area contributed by atoms with Crippen LogP contribution in [0.5, 0.6) is 0 Å². The SMILES string of the molecule is COC[C@H]1OC[C@H](OC)[C@@H]1OC. The number of hydrogen-bond acceptors (Lipinski definition) is 4. The van der Waals surface area contributed by atoms with E-state index >= 15 is 0 Å². The molecule has 0 N–H and O–H groups in total. The van der Waals surface area contributed by atoms with Crippen molar-refractivity contribution in [1.29, 1.82) is 0 Å². The van der Waals surface area contributed by atoms with Crippen LogP contribution in [0.15, 0.2) is 0 Å². The van der Waals surface area contributed by atoms with Gasteiger partial charge in [-0.3, -0.25) is 0 Å². The normalized spacial score (nSPS) is 35.8. The fourth-order valence-corrected chi connectivity index (χ4v) is 1.46. The van der Waals surface area contributed by atoms with Gasteiger partial charge in [-0.1, -0.05) is 0 Å². The van der Waals surface area contributed by atoms with Gasteiger partial charge in [-0.25, -0.2) is 0 Å². The van der Waals surface area contributed by atoms with Gasteiger partial charge in [0, 0.05) is 21.3 Å². The summed E-state index contributed by atoms with van der Waals surface area (Å²) < 4.78 is 20.9. The van der Waals surface area contributed by atoms with Crippen LogP contribution in [-0.2, 0) is 18.9 Å². The van der Waals surface area contributed by atoms with Gasteiger partial charge < -0.3 is 18.9 Å². The van der Waals surface area contributed by atoms with Gasteiger partial charge >= 0.3 is 0 Å². The van der Waals surface area contributed by atoms with Crippen LogP contribution in [0, 0.1) is 0 Å². The molecule has 1 aliphatic rings. The third kappa shape index (κ3) is 1.95. The van der Waals surface area contributed by atoms with Gasteiger partial charge in [-0.2, -0.15) is 0 Å². The second-order valence-corrected chi connectivity index (χ2v) is 2.80. The predicted molar refractivity (Wildman–Crippen MR) is 43.2 cm³/mol. The van der Waals surface area contributed by atoms with Crippen molar-refractivity contribution in [2.75, 3.05) is 34.5 Å². The maximum absolute atomic E-state index is 5.43. The van der Waals surface area contributed by atoms with E-state index in [1.807, 2.05) is 0 Å². The molecular weight excluding hydrogens is 160 g/mol. The summed E-state index contributed by atoms with van der Waals surface area (Å²) in [4.78, 5) is 0. The second kappa shape index (κ2) is 4.77. The zero-order valence-corrected chi connectivity index (χ0v) is 7.78. The highest BCUT2D eigenvalue weighted by molar-refractivity contribution is 4.85. The quantitative estimate of drug-likeness (QED) is 0.607. The van der Waals surface area contributed by atoms with Gasteiger partial charge in [0.1, 0.15) is 18.3 Å². The number of ether oxygens (including phenoxy) is 4. The summed E-state index contributed by atoms with van der Waals surface area (Å²) in [6.45, 7) is 1.14. The van der Waals surface area contributed by atoms with Crippen LogP contribution < -0.4 is 0 Å². The minimum Gasteiger partial charge on any atom is -0.382 e. The predicted octanol–water partition coefficient (Wildman–Crippen LogP) is 0.0616. The van der Waals surface area contributed by atoms with Gasteiger partial charge in [0.25, 0.3) is 0 Å². The molecule has 0 aliphatic carbocycles. The molecule has 1 heterocycles. The molecule has 0 aromatic heterocycles. The van der Waals surface area contributed by atoms with Crippen LogP contribution in [-0.4, -0.2) is 52.9 Å². The summed E-state index contributed by atoms with van der Waals surface area (Å²) in [6.07, 6.45) is 0.0371. The third-order valence-corrected chi connectivity index (χ3v) is 2.11. The highest BCUT2D eigenvalue weighted by Gasteiger charge is 2.37. The van der Waals surface area contributed by atoms with Crippen molar-refractivity contribution in [3.63, 3.8) is 0 Å². The van der Waals surface area contributed by atoms with Crippen LogP contribution in [0.1, 0.15) is 0 Å². The maximum atomic E-state index is 5.43. The third-order valence-electron chi connectivity index (χ3n) is 2.11. The Morgan fingerprint density at radius 1 is 1.25 bits per heavy atom. The first-order valence-corrected chi connectivity index (χ1v) is 3.99. The summed E-state index contributed by atoms with van der Waals surface area (Å²) in [5.41, 5.74) is 0. The average molecular weight is 176 g/mol. The molecule has 0 bridgehead atoms. The van der Waals surface area contributed by atoms with Crippen LogP contribution in [0.3, 0.4) is 0 Å². The van der Waals surface area contributed by atoms with Gasteiger partial charge in [0.05, 0.1) is 13.2 Å². The molecule has 72 valence electrons. The molecule has 0 aromatic rings. The Kier molecular flexibility index (Phi) is 3.94. The van der Waals surface area contributed by atoms with E-state index in [0.29, 0.717) is 13.2 Å². The van der Waals surface area contributed by atoms with E-state index < -0.39 is 0 Å². The van der Waals surface area contributed by atoms with E-state index in [2.05, 4.69) is 0 Å². The fraction of sp³-hybridized carbons (Fsp3) is 1.00. The lowest BCUT2D eigenvalue weighted by Gasteiger charge is -2.19. The van der Waals surface area contributed by atoms with Crippen molar-refractivity contribution in [1.82, 2.24) is 0 Å². The molecule has 1 fully saturated rings. The van der Waals surface area contributed by atoms with Crippen LogP contribution in [0.2, 0.25) is 0 Å². The summed E-state index contributed by atoms with van der Waals surface area (Å²) in [5, 5.41) is 0. The molecule has 0 amide bonds. The molecule has 0 aromatic carbocycles. The summed E-state index contributed by atoms with van der Waals surface area (Å²) in [6, 6.07) is 0. The molecule has 0 radical (unpaired) electrons. The Morgan fingerprint density at radius 3 is 2.50 bits per heavy atom. The zero-order valence-electron chi connectivity index (χ0n) is 7.78.